The second-order valence-electron chi connectivity index (χ2n) is 3.60. The molecule has 1 aromatic carbocycles. The van der Waals surface area contributed by atoms with Crippen LogP contribution in [0, 0.1) is 0 Å². The van der Waals surface area contributed by atoms with Gasteiger partial charge in [0, 0.05) is 4.90 Å². The van der Waals surface area contributed by atoms with E-state index in [-0.39, 0.29) is 0 Å². The van der Waals surface area contributed by atoms with Crippen LogP contribution in [0.2, 0.25) is 0 Å². The first-order chi connectivity index (χ1) is 7.81. The smallest absolute Gasteiger partial charge is 0.0101 e. The van der Waals surface area contributed by atoms with Crippen molar-refractivity contribution < 1.29 is 0 Å². The highest BCUT2D eigenvalue weighted by Crippen LogP contribution is 2.23. The van der Waals surface area contributed by atoms with Crippen molar-refractivity contribution in [2.45, 2.75) is 58.3 Å². The summed E-state index contributed by atoms with van der Waals surface area (Å²) in [6.07, 6.45) is 7.13. The lowest BCUT2D eigenvalue weighted by Gasteiger charge is -2.08. The monoisotopic (exact) mass is 238 g/mol. The van der Waals surface area contributed by atoms with Gasteiger partial charge in [-0.3, -0.25) is 0 Å². The Morgan fingerprint density at radius 1 is 1.12 bits per heavy atom. The summed E-state index contributed by atoms with van der Waals surface area (Å²) in [6, 6.07) is 6.90. The lowest BCUT2D eigenvalue weighted by molar-refractivity contribution is 0.783. The van der Waals surface area contributed by atoms with Gasteiger partial charge in [-0.05, 0) is 42.7 Å². The summed E-state index contributed by atoms with van der Waals surface area (Å²) in [5.41, 5.74) is 3.01. The van der Waals surface area contributed by atoms with Crippen LogP contribution in [-0.2, 0) is 12.8 Å². The molecule has 0 aromatic heterocycles. The van der Waals surface area contributed by atoms with Gasteiger partial charge >= 0.3 is 0 Å². The Morgan fingerprint density at radius 2 is 1.81 bits per heavy atom. The van der Waals surface area contributed by atoms with Crippen LogP contribution >= 0.6 is 11.8 Å². The Hall–Kier alpha value is -0.430. The molecule has 0 saturated carbocycles. The number of hydrogen-bond acceptors (Lipinski definition) is 1. The van der Waals surface area contributed by atoms with Gasteiger partial charge in [-0.2, -0.15) is 0 Å². The fraction of sp³-hybridized carbons (Fsp3) is 0.600. The third kappa shape index (κ3) is 5.07. The van der Waals surface area contributed by atoms with Gasteiger partial charge in [0.05, 0.1) is 0 Å². The number of rotatable bonds is 5. The molecule has 92 valence electrons. The van der Waals surface area contributed by atoms with E-state index in [9.17, 15) is 0 Å². The van der Waals surface area contributed by atoms with E-state index in [0.717, 1.165) is 6.42 Å². The van der Waals surface area contributed by atoms with E-state index in [2.05, 4.69) is 38.3 Å². The number of hydrogen-bond donors (Lipinski definition) is 0. The molecule has 0 unspecified atom stereocenters. The Balaban J connectivity index is 0.00000106. The van der Waals surface area contributed by atoms with E-state index < -0.39 is 0 Å². The Labute approximate surface area is 106 Å². The molecule has 0 radical (unpaired) electrons. The second-order valence-corrected chi connectivity index (χ2v) is 4.45. The predicted octanol–water partition coefficient (Wildman–Crippen LogP) is 5.34. The molecular formula is C15H26S. The van der Waals surface area contributed by atoms with Crippen molar-refractivity contribution in [3.05, 3.63) is 29.3 Å². The molecule has 0 aliphatic carbocycles. The average molecular weight is 238 g/mol. The van der Waals surface area contributed by atoms with Crippen LogP contribution in [0.3, 0.4) is 0 Å². The van der Waals surface area contributed by atoms with Gasteiger partial charge in [-0.15, -0.1) is 11.8 Å². The van der Waals surface area contributed by atoms with Crippen molar-refractivity contribution in [1.29, 1.82) is 0 Å². The van der Waals surface area contributed by atoms with Crippen molar-refractivity contribution in [2.24, 2.45) is 0 Å². The molecule has 0 fully saturated rings. The zero-order chi connectivity index (χ0) is 12.4. The lowest BCUT2D eigenvalue weighted by atomic mass is 10.0. The fourth-order valence-electron chi connectivity index (χ4n) is 1.61. The largest absolute Gasteiger partial charge is 0.129 e. The molecule has 1 rings (SSSR count). The summed E-state index contributed by atoms with van der Waals surface area (Å²) >= 11 is 1.87. The number of thioether (sulfide) groups is 1. The maximum absolute atomic E-state index is 2.38. The Morgan fingerprint density at radius 3 is 2.31 bits per heavy atom. The van der Waals surface area contributed by atoms with Crippen molar-refractivity contribution in [1.82, 2.24) is 0 Å². The molecule has 1 aromatic rings. The fourth-order valence-corrected chi connectivity index (χ4v) is 2.24. The molecular weight excluding hydrogens is 212 g/mol. The second kappa shape index (κ2) is 9.77. The molecule has 0 aliphatic heterocycles. The molecule has 0 bridgehead atoms. The minimum absolute atomic E-state index is 1.15. The molecule has 0 atom stereocenters. The van der Waals surface area contributed by atoms with E-state index in [1.54, 1.807) is 5.56 Å². The first-order valence-electron chi connectivity index (χ1n) is 6.47. The zero-order valence-corrected chi connectivity index (χ0v) is 12.3. The highest BCUT2D eigenvalue weighted by molar-refractivity contribution is 7.98. The zero-order valence-electron chi connectivity index (χ0n) is 11.5. The van der Waals surface area contributed by atoms with Gasteiger partial charge in [0.1, 0.15) is 0 Å². The van der Waals surface area contributed by atoms with Crippen molar-refractivity contribution >= 4 is 11.8 Å². The van der Waals surface area contributed by atoms with Crippen LogP contribution in [0.4, 0.5) is 0 Å². The van der Waals surface area contributed by atoms with E-state index in [0.29, 0.717) is 0 Å². The molecule has 0 nitrogen and oxygen atoms in total. The van der Waals surface area contributed by atoms with E-state index >= 15 is 0 Å². The summed E-state index contributed by atoms with van der Waals surface area (Å²) in [4.78, 5) is 1.45. The first kappa shape index (κ1) is 15.6. The molecule has 0 spiro atoms. The summed E-state index contributed by atoms with van der Waals surface area (Å²) in [6.45, 7) is 8.47. The maximum Gasteiger partial charge on any atom is 0.0101 e. The maximum atomic E-state index is 2.38. The number of unbranched alkanes of at least 4 members (excludes halogenated alkanes) is 1. The quantitative estimate of drug-likeness (QED) is 0.624. The molecule has 0 amide bonds. The summed E-state index contributed by atoms with van der Waals surface area (Å²) in [7, 11) is 0. The minimum atomic E-state index is 1.15. The molecule has 0 saturated heterocycles. The summed E-state index contributed by atoms with van der Waals surface area (Å²) in [5, 5.41) is 0. The predicted molar refractivity (Wildman–Crippen MR) is 77.6 cm³/mol. The van der Waals surface area contributed by atoms with E-state index in [1.807, 2.05) is 25.6 Å². The lowest BCUT2D eigenvalue weighted by Crippen LogP contribution is -1.91. The van der Waals surface area contributed by atoms with Crippen molar-refractivity contribution in [3.8, 4) is 0 Å². The van der Waals surface area contributed by atoms with Gasteiger partial charge < -0.3 is 0 Å². The van der Waals surface area contributed by atoms with Crippen LogP contribution in [0.25, 0.3) is 0 Å². The molecule has 0 aliphatic rings. The topological polar surface area (TPSA) is 0 Å². The van der Waals surface area contributed by atoms with E-state index in [4.69, 9.17) is 0 Å². The van der Waals surface area contributed by atoms with Crippen molar-refractivity contribution in [2.75, 3.05) is 6.26 Å². The van der Waals surface area contributed by atoms with Crippen LogP contribution < -0.4 is 0 Å². The highest BCUT2D eigenvalue weighted by atomic mass is 32.2. The number of benzene rings is 1. The van der Waals surface area contributed by atoms with Crippen molar-refractivity contribution in [3.63, 3.8) is 0 Å². The van der Waals surface area contributed by atoms with Gasteiger partial charge in [-0.1, -0.05) is 46.2 Å². The standard InChI is InChI=1S/C13H20S.C2H6/c1-4-6-7-12-10-11(5-2)8-9-13(12)14-3;1-2/h8-10H,4-7H2,1-3H3;1-2H3. The summed E-state index contributed by atoms with van der Waals surface area (Å²) < 4.78 is 0. The van der Waals surface area contributed by atoms with Gasteiger partial charge in [0.15, 0.2) is 0 Å². The minimum Gasteiger partial charge on any atom is -0.129 e. The average Bonchev–Trinajstić information content (AvgIpc) is 2.38. The molecule has 1 heteroatoms. The summed E-state index contributed by atoms with van der Waals surface area (Å²) in [5.74, 6) is 0. The van der Waals surface area contributed by atoms with Gasteiger partial charge in [0.2, 0.25) is 0 Å². The van der Waals surface area contributed by atoms with Crippen LogP contribution in [0.1, 0.15) is 51.7 Å². The highest BCUT2D eigenvalue weighted by Gasteiger charge is 2.01. The number of aryl methyl sites for hydroxylation is 2. The van der Waals surface area contributed by atoms with E-state index in [1.165, 1.54) is 29.7 Å². The van der Waals surface area contributed by atoms with Gasteiger partial charge in [0.25, 0.3) is 0 Å². The molecule has 16 heavy (non-hydrogen) atoms. The molecule has 0 N–H and O–H groups in total. The Bertz CT molecular complexity index is 279. The normalized spacial score (nSPS) is 9.56. The first-order valence-corrected chi connectivity index (χ1v) is 7.70. The Kier molecular flexibility index (Phi) is 9.51. The van der Waals surface area contributed by atoms with Crippen LogP contribution in [0.5, 0.6) is 0 Å². The van der Waals surface area contributed by atoms with Gasteiger partial charge in [-0.25, -0.2) is 0 Å². The molecule has 0 heterocycles. The SMILES string of the molecule is CC.CCCCc1cc(CC)ccc1SC. The third-order valence-electron chi connectivity index (χ3n) is 2.55. The van der Waals surface area contributed by atoms with Crippen LogP contribution in [0.15, 0.2) is 23.1 Å². The van der Waals surface area contributed by atoms with Crippen LogP contribution in [-0.4, -0.2) is 6.26 Å². The third-order valence-corrected chi connectivity index (χ3v) is 3.39.